The van der Waals surface area contributed by atoms with E-state index in [4.69, 9.17) is 0 Å². The Hall–Kier alpha value is -2.40. The van der Waals surface area contributed by atoms with Gasteiger partial charge in [0.25, 0.3) is 5.91 Å². The van der Waals surface area contributed by atoms with Crippen LogP contribution in [0.15, 0.2) is 47.4 Å². The van der Waals surface area contributed by atoms with Crippen molar-refractivity contribution in [1.82, 2.24) is 15.2 Å². The fourth-order valence-corrected chi connectivity index (χ4v) is 3.47. The van der Waals surface area contributed by atoms with E-state index in [1.54, 1.807) is 6.92 Å². The van der Waals surface area contributed by atoms with Crippen molar-refractivity contribution in [2.45, 2.75) is 38.8 Å². The van der Waals surface area contributed by atoms with Crippen molar-refractivity contribution >= 4 is 5.91 Å². The van der Waals surface area contributed by atoms with Gasteiger partial charge in [0.2, 0.25) is 0 Å². The number of carbonyl (C=O) groups excluding carboxylic acids is 1. The van der Waals surface area contributed by atoms with Crippen LogP contribution < -0.4 is 10.7 Å². The van der Waals surface area contributed by atoms with E-state index in [0.717, 1.165) is 31.6 Å². The zero-order chi connectivity index (χ0) is 17.9. The molecular weight excluding hydrogens is 314 g/mol. The third kappa shape index (κ3) is 3.99. The molecule has 0 spiro atoms. The van der Waals surface area contributed by atoms with Gasteiger partial charge >= 0.3 is 0 Å². The number of aromatic amines is 1. The van der Waals surface area contributed by atoms with E-state index in [9.17, 15) is 9.59 Å². The molecule has 0 radical (unpaired) electrons. The number of nitrogens with zero attached hydrogens (tertiary/aromatic N) is 1. The van der Waals surface area contributed by atoms with Gasteiger partial charge in [-0.2, -0.15) is 0 Å². The first-order chi connectivity index (χ1) is 12.0. The van der Waals surface area contributed by atoms with Crippen LogP contribution in [0.3, 0.4) is 0 Å². The van der Waals surface area contributed by atoms with Crippen LogP contribution >= 0.6 is 0 Å². The number of nitrogens with one attached hydrogen (secondary N) is 2. The largest absolute Gasteiger partial charge is 0.364 e. The molecule has 1 fully saturated rings. The Labute approximate surface area is 148 Å². The minimum atomic E-state index is -0.311. The highest BCUT2D eigenvalue weighted by Gasteiger charge is 2.36. The van der Waals surface area contributed by atoms with Crippen LogP contribution in [-0.4, -0.2) is 34.4 Å². The first kappa shape index (κ1) is 17.4. The number of aryl methyl sites for hydroxylation is 1. The van der Waals surface area contributed by atoms with Gasteiger partial charge in [0, 0.05) is 36.6 Å². The van der Waals surface area contributed by atoms with E-state index in [2.05, 4.69) is 34.3 Å². The fraction of sp³-hybridized carbons (Fsp3) is 0.400. The Morgan fingerprint density at radius 3 is 2.80 bits per heavy atom. The summed E-state index contributed by atoms with van der Waals surface area (Å²) in [6.07, 6.45) is 3.64. The Balaban J connectivity index is 1.66. The molecule has 132 valence electrons. The highest BCUT2D eigenvalue weighted by Crippen LogP contribution is 2.30. The van der Waals surface area contributed by atoms with Gasteiger partial charge in [-0.3, -0.25) is 14.5 Å². The number of likely N-dealkylation sites (tertiary alicyclic amines) is 1. The van der Waals surface area contributed by atoms with Gasteiger partial charge in [-0.15, -0.1) is 0 Å². The molecule has 1 amide bonds. The summed E-state index contributed by atoms with van der Waals surface area (Å²) < 4.78 is 0. The molecule has 0 saturated carbocycles. The minimum Gasteiger partial charge on any atom is -0.364 e. The SMILES string of the molecule is Cc1cc(=O)c(C(=O)NCC2(C)CCCN2Cc2ccccc2)c[nH]1. The Morgan fingerprint density at radius 1 is 1.32 bits per heavy atom. The van der Waals surface area contributed by atoms with Crippen molar-refractivity contribution in [3.8, 4) is 0 Å². The summed E-state index contributed by atoms with van der Waals surface area (Å²) in [5.74, 6) is -0.311. The number of pyridine rings is 1. The fourth-order valence-electron chi connectivity index (χ4n) is 3.47. The molecule has 1 aliphatic rings. The Morgan fingerprint density at radius 2 is 2.08 bits per heavy atom. The standard InChI is InChI=1S/C20H25N3O2/c1-15-11-18(24)17(12-21-15)19(25)22-14-20(2)9-6-10-23(20)13-16-7-4-3-5-8-16/h3-5,7-8,11-12H,6,9-10,13-14H2,1-2H3,(H,21,24)(H,22,25). The molecule has 0 aliphatic carbocycles. The van der Waals surface area contributed by atoms with Crippen molar-refractivity contribution in [2.75, 3.05) is 13.1 Å². The monoisotopic (exact) mass is 339 g/mol. The van der Waals surface area contributed by atoms with Gasteiger partial charge in [-0.25, -0.2) is 0 Å². The van der Waals surface area contributed by atoms with Gasteiger partial charge in [0.05, 0.1) is 0 Å². The van der Waals surface area contributed by atoms with Crippen LogP contribution in [0.4, 0.5) is 0 Å². The second-order valence-electron chi connectivity index (χ2n) is 7.08. The lowest BCUT2D eigenvalue weighted by Gasteiger charge is -2.35. The average molecular weight is 339 g/mol. The van der Waals surface area contributed by atoms with Gasteiger partial charge < -0.3 is 10.3 Å². The summed E-state index contributed by atoms with van der Waals surface area (Å²) in [7, 11) is 0. The van der Waals surface area contributed by atoms with Gasteiger partial charge in [-0.05, 0) is 38.8 Å². The number of carbonyl (C=O) groups is 1. The minimum absolute atomic E-state index is 0.0943. The molecular formula is C20H25N3O2. The van der Waals surface area contributed by atoms with E-state index in [1.165, 1.54) is 17.8 Å². The van der Waals surface area contributed by atoms with Crippen molar-refractivity contribution < 1.29 is 4.79 Å². The molecule has 1 atom stereocenters. The predicted octanol–water partition coefficient (Wildman–Crippen LogP) is 2.47. The van der Waals surface area contributed by atoms with Gasteiger partial charge in [0.1, 0.15) is 5.56 Å². The van der Waals surface area contributed by atoms with Crippen LogP contribution in [0.1, 0.15) is 41.4 Å². The highest BCUT2D eigenvalue weighted by atomic mass is 16.2. The maximum absolute atomic E-state index is 12.4. The van der Waals surface area contributed by atoms with Crippen LogP contribution in [0.25, 0.3) is 0 Å². The summed E-state index contributed by atoms with van der Waals surface area (Å²) in [6.45, 7) is 6.41. The molecule has 5 nitrogen and oxygen atoms in total. The van der Waals surface area contributed by atoms with Crippen LogP contribution in [0.2, 0.25) is 0 Å². The quantitative estimate of drug-likeness (QED) is 0.879. The van der Waals surface area contributed by atoms with E-state index >= 15 is 0 Å². The molecule has 2 aromatic rings. The third-order valence-corrected chi connectivity index (χ3v) is 5.05. The maximum Gasteiger partial charge on any atom is 0.256 e. The number of hydrogen-bond acceptors (Lipinski definition) is 3. The smallest absolute Gasteiger partial charge is 0.256 e. The summed E-state index contributed by atoms with van der Waals surface area (Å²) in [5, 5.41) is 2.96. The van der Waals surface area contributed by atoms with Crippen LogP contribution in [0.5, 0.6) is 0 Å². The van der Waals surface area contributed by atoms with Crippen molar-refractivity contribution in [1.29, 1.82) is 0 Å². The molecule has 1 saturated heterocycles. The Bertz CT molecular complexity index is 800. The molecule has 5 heteroatoms. The van der Waals surface area contributed by atoms with E-state index < -0.39 is 0 Å². The second kappa shape index (κ2) is 7.23. The number of rotatable bonds is 5. The predicted molar refractivity (Wildman–Crippen MR) is 98.6 cm³/mol. The van der Waals surface area contributed by atoms with Crippen LogP contribution in [-0.2, 0) is 6.54 Å². The molecule has 0 bridgehead atoms. The summed E-state index contributed by atoms with van der Waals surface area (Å²) >= 11 is 0. The number of aromatic nitrogens is 1. The van der Waals surface area contributed by atoms with Gasteiger partial charge in [-0.1, -0.05) is 30.3 Å². The molecule has 1 aromatic heterocycles. The summed E-state index contributed by atoms with van der Waals surface area (Å²) in [6, 6.07) is 11.8. The molecule has 2 heterocycles. The Kier molecular flexibility index (Phi) is 5.04. The second-order valence-corrected chi connectivity index (χ2v) is 7.08. The number of H-pyrrole nitrogens is 1. The van der Waals surface area contributed by atoms with E-state index in [1.807, 2.05) is 18.2 Å². The van der Waals surface area contributed by atoms with Crippen molar-refractivity contribution in [3.05, 3.63) is 69.6 Å². The zero-order valence-corrected chi connectivity index (χ0v) is 14.8. The number of hydrogen-bond donors (Lipinski definition) is 2. The summed E-state index contributed by atoms with van der Waals surface area (Å²) in [4.78, 5) is 29.7. The lowest BCUT2D eigenvalue weighted by atomic mass is 9.98. The number of amides is 1. The molecule has 1 aromatic carbocycles. The zero-order valence-electron chi connectivity index (χ0n) is 14.8. The van der Waals surface area contributed by atoms with Gasteiger partial charge in [0.15, 0.2) is 5.43 Å². The van der Waals surface area contributed by atoms with Crippen molar-refractivity contribution in [3.63, 3.8) is 0 Å². The molecule has 3 rings (SSSR count). The first-order valence-corrected chi connectivity index (χ1v) is 8.74. The molecule has 25 heavy (non-hydrogen) atoms. The number of benzene rings is 1. The topological polar surface area (TPSA) is 65.2 Å². The van der Waals surface area contributed by atoms with Crippen molar-refractivity contribution in [2.24, 2.45) is 0 Å². The third-order valence-electron chi connectivity index (χ3n) is 5.05. The lowest BCUT2D eigenvalue weighted by Crippen LogP contribution is -2.50. The van der Waals surface area contributed by atoms with Crippen LogP contribution in [0, 0.1) is 6.92 Å². The molecule has 1 aliphatic heterocycles. The highest BCUT2D eigenvalue weighted by molar-refractivity contribution is 5.93. The maximum atomic E-state index is 12.4. The van der Waals surface area contributed by atoms with E-state index in [0.29, 0.717) is 6.54 Å². The first-order valence-electron chi connectivity index (χ1n) is 8.74. The molecule has 1 unspecified atom stereocenters. The lowest BCUT2D eigenvalue weighted by molar-refractivity contribution is 0.0896. The average Bonchev–Trinajstić information content (AvgIpc) is 2.95. The summed E-state index contributed by atoms with van der Waals surface area (Å²) in [5.41, 5.74) is 1.85. The molecule has 2 N–H and O–H groups in total. The van der Waals surface area contributed by atoms with E-state index in [-0.39, 0.29) is 22.4 Å². The normalized spacial score (nSPS) is 20.6.